The summed E-state index contributed by atoms with van der Waals surface area (Å²) in [5.74, 6) is 0.714. The maximum Gasteiger partial charge on any atom is 0.254 e. The summed E-state index contributed by atoms with van der Waals surface area (Å²) in [6.07, 6.45) is 6.78. The number of nitrogens with one attached hydrogen (secondary N) is 1. The predicted molar refractivity (Wildman–Crippen MR) is 101 cm³/mol. The van der Waals surface area contributed by atoms with Crippen molar-refractivity contribution in [3.63, 3.8) is 0 Å². The Morgan fingerprint density at radius 1 is 1.12 bits per heavy atom. The Balaban J connectivity index is 1.23. The molecule has 2 atom stereocenters. The molecule has 3 aliphatic rings. The van der Waals surface area contributed by atoms with Gasteiger partial charge in [-0.3, -0.25) is 9.59 Å². The lowest BCUT2D eigenvalue weighted by Gasteiger charge is -2.44. The molecule has 1 N–H and O–H groups in total. The third kappa shape index (κ3) is 3.63. The highest BCUT2D eigenvalue weighted by Gasteiger charge is 2.33. The fourth-order valence-electron chi connectivity index (χ4n) is 4.88. The van der Waals surface area contributed by atoms with Crippen molar-refractivity contribution in [3.8, 4) is 0 Å². The summed E-state index contributed by atoms with van der Waals surface area (Å²) in [7, 11) is 0. The molecule has 0 spiro atoms. The van der Waals surface area contributed by atoms with Crippen LogP contribution in [0.1, 0.15) is 54.4 Å². The molecule has 2 fully saturated rings. The number of piperidine rings is 2. The molecule has 0 bridgehead atoms. The van der Waals surface area contributed by atoms with E-state index in [1.807, 2.05) is 24.3 Å². The van der Waals surface area contributed by atoms with Crippen LogP contribution in [0.4, 0.5) is 0 Å². The van der Waals surface area contributed by atoms with E-state index in [-0.39, 0.29) is 11.8 Å². The van der Waals surface area contributed by atoms with Gasteiger partial charge in [0, 0.05) is 37.7 Å². The molecule has 1 aromatic carbocycles. The second kappa shape index (κ2) is 7.78. The van der Waals surface area contributed by atoms with Crippen LogP contribution in [0.5, 0.6) is 0 Å². The molecule has 0 radical (unpaired) electrons. The zero-order chi connectivity index (χ0) is 17.9. The van der Waals surface area contributed by atoms with Crippen molar-refractivity contribution in [3.05, 3.63) is 35.4 Å². The van der Waals surface area contributed by atoms with Gasteiger partial charge in [-0.2, -0.15) is 0 Å². The number of carbonyl (C=O) groups excluding carboxylic acids is 2. The van der Waals surface area contributed by atoms with Crippen LogP contribution in [0.25, 0.3) is 0 Å². The van der Waals surface area contributed by atoms with E-state index < -0.39 is 0 Å². The lowest BCUT2D eigenvalue weighted by atomic mass is 9.83. The molecular formula is C21H29N3O2. The van der Waals surface area contributed by atoms with Crippen LogP contribution in [0.3, 0.4) is 0 Å². The maximum atomic E-state index is 12.4. The molecule has 0 saturated carbocycles. The number of hydrogen-bond acceptors (Lipinski definition) is 3. The summed E-state index contributed by atoms with van der Waals surface area (Å²) in [6, 6.07) is 8.38. The quantitative estimate of drug-likeness (QED) is 0.882. The van der Waals surface area contributed by atoms with Crippen molar-refractivity contribution in [2.24, 2.45) is 5.92 Å². The van der Waals surface area contributed by atoms with Crippen LogP contribution in [-0.2, 0) is 11.3 Å². The van der Waals surface area contributed by atoms with Gasteiger partial charge in [0.05, 0.1) is 0 Å². The zero-order valence-corrected chi connectivity index (χ0v) is 15.5. The van der Waals surface area contributed by atoms with Gasteiger partial charge in [0.2, 0.25) is 5.91 Å². The van der Waals surface area contributed by atoms with Gasteiger partial charge < -0.3 is 15.1 Å². The molecule has 4 rings (SSSR count). The molecule has 0 unspecified atom stereocenters. The summed E-state index contributed by atoms with van der Waals surface area (Å²) in [6.45, 7) is 4.37. The minimum Gasteiger partial charge on any atom is -0.356 e. The first-order valence-electron chi connectivity index (χ1n) is 10.1. The molecule has 5 heteroatoms. The third-order valence-electron chi connectivity index (χ3n) is 6.30. The number of hydrogen-bond donors (Lipinski definition) is 1. The zero-order valence-electron chi connectivity index (χ0n) is 15.5. The van der Waals surface area contributed by atoms with E-state index in [9.17, 15) is 9.59 Å². The van der Waals surface area contributed by atoms with E-state index in [1.165, 1.54) is 45.2 Å². The van der Waals surface area contributed by atoms with Crippen molar-refractivity contribution in [2.45, 2.75) is 51.1 Å². The molecule has 26 heavy (non-hydrogen) atoms. The van der Waals surface area contributed by atoms with Crippen molar-refractivity contribution in [1.82, 2.24) is 15.1 Å². The molecule has 2 saturated heterocycles. The Morgan fingerprint density at radius 2 is 1.96 bits per heavy atom. The highest BCUT2D eigenvalue weighted by atomic mass is 16.2. The van der Waals surface area contributed by atoms with Gasteiger partial charge in [0.1, 0.15) is 0 Å². The van der Waals surface area contributed by atoms with Crippen molar-refractivity contribution in [2.75, 3.05) is 26.2 Å². The predicted octanol–water partition coefficient (Wildman–Crippen LogP) is 2.41. The first-order valence-corrected chi connectivity index (χ1v) is 10.1. The largest absolute Gasteiger partial charge is 0.356 e. The van der Waals surface area contributed by atoms with E-state index in [0.717, 1.165) is 17.7 Å². The molecule has 0 aliphatic carbocycles. The van der Waals surface area contributed by atoms with Crippen molar-refractivity contribution >= 4 is 11.8 Å². The smallest absolute Gasteiger partial charge is 0.254 e. The summed E-state index contributed by atoms with van der Waals surface area (Å²) in [5.41, 5.74) is 1.85. The highest BCUT2D eigenvalue weighted by Crippen LogP contribution is 2.30. The van der Waals surface area contributed by atoms with Crippen molar-refractivity contribution in [1.29, 1.82) is 0 Å². The Bertz CT molecular complexity index is 673. The molecule has 140 valence electrons. The average Bonchev–Trinajstić information content (AvgIpc) is 3.01. The number of nitrogens with zero attached hydrogens (tertiary/aromatic N) is 2. The van der Waals surface area contributed by atoms with Crippen LogP contribution in [-0.4, -0.2) is 53.8 Å². The fraction of sp³-hybridized carbons (Fsp3) is 0.619. The van der Waals surface area contributed by atoms with E-state index in [4.69, 9.17) is 0 Å². The highest BCUT2D eigenvalue weighted by molar-refractivity contribution is 5.98. The van der Waals surface area contributed by atoms with Gasteiger partial charge in [-0.1, -0.05) is 24.6 Å². The SMILES string of the molecule is O=C(CCN1Cc2ccccc2C1=O)NC[C@@H]1CCCN2CCCC[C@@H]12. The Labute approximate surface area is 155 Å². The second-order valence-electron chi connectivity index (χ2n) is 7.94. The first-order chi connectivity index (χ1) is 12.7. The van der Waals surface area contributed by atoms with Gasteiger partial charge in [-0.15, -0.1) is 0 Å². The van der Waals surface area contributed by atoms with Crippen LogP contribution < -0.4 is 5.32 Å². The van der Waals surface area contributed by atoms with Crippen LogP contribution in [0.2, 0.25) is 0 Å². The normalized spacial score (nSPS) is 25.7. The number of amides is 2. The van der Waals surface area contributed by atoms with Gasteiger partial charge in [0.25, 0.3) is 5.91 Å². The number of carbonyl (C=O) groups is 2. The minimum atomic E-state index is 0.0542. The Hall–Kier alpha value is -1.88. The Morgan fingerprint density at radius 3 is 2.85 bits per heavy atom. The lowest BCUT2D eigenvalue weighted by molar-refractivity contribution is -0.121. The Kier molecular flexibility index (Phi) is 5.25. The van der Waals surface area contributed by atoms with Crippen LogP contribution in [0, 0.1) is 5.92 Å². The molecule has 2 amide bonds. The summed E-state index contributed by atoms with van der Waals surface area (Å²) in [5, 5.41) is 3.14. The van der Waals surface area contributed by atoms with Gasteiger partial charge >= 0.3 is 0 Å². The van der Waals surface area contributed by atoms with Gasteiger partial charge in [-0.25, -0.2) is 0 Å². The number of benzene rings is 1. The number of fused-ring (bicyclic) bond motifs is 2. The average molecular weight is 355 g/mol. The summed E-state index contributed by atoms with van der Waals surface area (Å²) in [4.78, 5) is 29.1. The molecule has 0 aromatic heterocycles. The van der Waals surface area contributed by atoms with Gasteiger partial charge in [-0.05, 0) is 56.3 Å². The topological polar surface area (TPSA) is 52.7 Å². The van der Waals surface area contributed by atoms with E-state index in [2.05, 4.69) is 10.2 Å². The second-order valence-corrected chi connectivity index (χ2v) is 7.94. The molecule has 3 heterocycles. The first kappa shape index (κ1) is 17.5. The summed E-state index contributed by atoms with van der Waals surface area (Å²) >= 11 is 0. The monoisotopic (exact) mass is 355 g/mol. The molecule has 5 nitrogen and oxygen atoms in total. The van der Waals surface area contributed by atoms with Crippen LogP contribution in [0.15, 0.2) is 24.3 Å². The van der Waals surface area contributed by atoms with E-state index in [0.29, 0.717) is 31.5 Å². The van der Waals surface area contributed by atoms with Gasteiger partial charge in [0.15, 0.2) is 0 Å². The maximum absolute atomic E-state index is 12.4. The standard InChI is InChI=1S/C21H29N3O2/c25-20(10-13-24-15-17-6-1-2-8-18(17)21(24)26)22-14-16-7-5-12-23-11-4-3-9-19(16)23/h1-2,6,8,16,19H,3-5,7,9-15H2,(H,22,25)/t16-,19-/m0/s1. The third-order valence-corrected chi connectivity index (χ3v) is 6.30. The molecule has 1 aromatic rings. The fourth-order valence-corrected chi connectivity index (χ4v) is 4.88. The minimum absolute atomic E-state index is 0.0542. The van der Waals surface area contributed by atoms with Crippen molar-refractivity contribution < 1.29 is 9.59 Å². The summed E-state index contributed by atoms with van der Waals surface area (Å²) < 4.78 is 0. The number of rotatable bonds is 5. The molecular weight excluding hydrogens is 326 g/mol. The lowest BCUT2D eigenvalue weighted by Crippen LogP contribution is -2.51. The van der Waals surface area contributed by atoms with E-state index >= 15 is 0 Å². The van der Waals surface area contributed by atoms with Crippen LogP contribution >= 0.6 is 0 Å². The van der Waals surface area contributed by atoms with E-state index in [1.54, 1.807) is 4.90 Å². The molecule has 3 aliphatic heterocycles.